The molecule has 0 N–H and O–H groups in total. The molecule has 280 valence electrons. The molecule has 0 spiro atoms. The predicted molar refractivity (Wildman–Crippen MR) is 199 cm³/mol. The Balaban J connectivity index is 1.08. The van der Waals surface area contributed by atoms with E-state index in [1.807, 2.05) is 0 Å². The fraction of sp³-hybridized carbons (Fsp3) is 0.395. The maximum Gasteiger partial charge on any atom is 0.343 e. The standard InChI is InChI=1S/C43H48O10/c1-3-38(44)50-27-11-7-5-9-25-48-34-19-15-30(16-20-34)42(46)52-36-23-24-37(41-33-14-13-32(29-33)40(36)41)53-43(47)31-17-21-35(22-18-31)49-26-10-6-8-12-28-51-39(45)4-2/h3-4,15-24,32-33H,1-2,5-14,25-29H2. The molecule has 0 aliphatic heterocycles. The maximum atomic E-state index is 13.2. The number of benzene rings is 3. The summed E-state index contributed by atoms with van der Waals surface area (Å²) >= 11 is 0. The lowest BCUT2D eigenvalue weighted by Crippen LogP contribution is -2.14. The van der Waals surface area contributed by atoms with Gasteiger partial charge in [-0.25, -0.2) is 19.2 Å². The van der Waals surface area contributed by atoms with Gasteiger partial charge in [0.2, 0.25) is 0 Å². The quantitative estimate of drug-likeness (QED) is 0.0430. The summed E-state index contributed by atoms with van der Waals surface area (Å²) in [6, 6.07) is 17.3. The smallest absolute Gasteiger partial charge is 0.343 e. The van der Waals surface area contributed by atoms with Gasteiger partial charge in [0.1, 0.15) is 23.0 Å². The van der Waals surface area contributed by atoms with Gasteiger partial charge < -0.3 is 28.4 Å². The van der Waals surface area contributed by atoms with Crippen LogP contribution in [0.2, 0.25) is 0 Å². The van der Waals surface area contributed by atoms with Crippen LogP contribution in [0.15, 0.2) is 86.0 Å². The molecule has 3 aromatic rings. The molecule has 2 aliphatic rings. The first-order valence-corrected chi connectivity index (χ1v) is 18.5. The molecular formula is C43H48O10. The van der Waals surface area contributed by atoms with Crippen LogP contribution >= 0.6 is 0 Å². The summed E-state index contributed by atoms with van der Waals surface area (Å²) in [5.41, 5.74) is 2.74. The van der Waals surface area contributed by atoms with E-state index in [1.54, 1.807) is 60.7 Å². The van der Waals surface area contributed by atoms with E-state index in [-0.39, 0.29) is 11.8 Å². The molecule has 0 radical (unpaired) electrons. The van der Waals surface area contributed by atoms with Crippen LogP contribution < -0.4 is 18.9 Å². The highest BCUT2D eigenvalue weighted by Crippen LogP contribution is 2.58. The van der Waals surface area contributed by atoms with Gasteiger partial charge >= 0.3 is 23.9 Å². The third-order valence-electron chi connectivity index (χ3n) is 9.48. The molecule has 2 unspecified atom stereocenters. The molecule has 10 nitrogen and oxygen atoms in total. The number of rotatable bonds is 22. The van der Waals surface area contributed by atoms with Crippen LogP contribution in [0, 0.1) is 0 Å². The first kappa shape index (κ1) is 38.8. The Labute approximate surface area is 311 Å². The minimum Gasteiger partial charge on any atom is -0.494 e. The summed E-state index contributed by atoms with van der Waals surface area (Å²) < 4.78 is 33.5. The van der Waals surface area contributed by atoms with Gasteiger partial charge in [-0.3, -0.25) is 0 Å². The molecule has 0 saturated heterocycles. The zero-order chi connectivity index (χ0) is 37.4. The Bertz CT molecular complexity index is 1600. The van der Waals surface area contributed by atoms with Gasteiger partial charge in [-0.15, -0.1) is 0 Å². The minimum atomic E-state index is -0.461. The number of esters is 4. The molecule has 2 atom stereocenters. The van der Waals surface area contributed by atoms with Crippen molar-refractivity contribution in [3.63, 3.8) is 0 Å². The molecule has 0 heterocycles. The average Bonchev–Trinajstić information content (AvgIpc) is 3.81. The van der Waals surface area contributed by atoms with Crippen molar-refractivity contribution < 1.29 is 47.6 Å². The van der Waals surface area contributed by atoms with E-state index in [4.69, 9.17) is 28.4 Å². The number of carbonyl (C=O) groups is 4. The Hall–Kier alpha value is -5.38. The predicted octanol–water partition coefficient (Wildman–Crippen LogP) is 8.83. The van der Waals surface area contributed by atoms with Crippen molar-refractivity contribution in [3.05, 3.63) is 108 Å². The summed E-state index contributed by atoms with van der Waals surface area (Å²) in [5.74, 6) is 1.13. The number of hydrogen-bond acceptors (Lipinski definition) is 10. The van der Waals surface area contributed by atoms with E-state index in [0.717, 1.165) is 93.9 Å². The summed E-state index contributed by atoms with van der Waals surface area (Å²) in [6.07, 6.45) is 12.3. The molecular weight excluding hydrogens is 676 g/mol. The van der Waals surface area contributed by atoms with E-state index in [1.165, 1.54) is 0 Å². The Kier molecular flexibility index (Phi) is 14.7. The van der Waals surface area contributed by atoms with Crippen LogP contribution in [0.1, 0.15) is 114 Å². The Morgan fingerprint density at radius 1 is 0.528 bits per heavy atom. The SMILES string of the molecule is C=CC(=O)OCCCCCCOc1ccc(C(=O)Oc2ccc(OC(=O)c3ccc(OCCCCCCOC(=O)C=C)cc3)c3c2C2CCC3C2)cc1. The van der Waals surface area contributed by atoms with Crippen molar-refractivity contribution in [2.24, 2.45) is 0 Å². The Morgan fingerprint density at radius 3 is 1.28 bits per heavy atom. The molecule has 1 fully saturated rings. The van der Waals surface area contributed by atoms with Gasteiger partial charge in [-0.2, -0.15) is 0 Å². The average molecular weight is 725 g/mol. The van der Waals surface area contributed by atoms with Gasteiger partial charge in [0.15, 0.2) is 0 Å². The molecule has 10 heteroatoms. The lowest BCUT2D eigenvalue weighted by atomic mass is 9.90. The largest absolute Gasteiger partial charge is 0.494 e. The molecule has 2 bridgehead atoms. The van der Waals surface area contributed by atoms with Crippen LogP contribution in [0.3, 0.4) is 0 Å². The monoisotopic (exact) mass is 724 g/mol. The first-order chi connectivity index (χ1) is 25.9. The number of unbranched alkanes of at least 4 members (excludes halogenated alkanes) is 6. The van der Waals surface area contributed by atoms with Crippen molar-refractivity contribution in [1.82, 2.24) is 0 Å². The van der Waals surface area contributed by atoms with Crippen LogP contribution in [-0.2, 0) is 19.1 Å². The van der Waals surface area contributed by atoms with Crippen LogP contribution in [0.5, 0.6) is 23.0 Å². The number of ether oxygens (including phenoxy) is 6. The van der Waals surface area contributed by atoms with Crippen LogP contribution in [0.25, 0.3) is 0 Å². The Morgan fingerprint density at radius 2 is 0.906 bits per heavy atom. The highest BCUT2D eigenvalue weighted by Gasteiger charge is 2.42. The fourth-order valence-electron chi connectivity index (χ4n) is 6.77. The van der Waals surface area contributed by atoms with Gasteiger partial charge in [-0.1, -0.05) is 13.2 Å². The second-order valence-corrected chi connectivity index (χ2v) is 13.2. The molecule has 3 aromatic carbocycles. The zero-order valence-corrected chi connectivity index (χ0v) is 30.2. The van der Waals surface area contributed by atoms with E-state index in [0.29, 0.717) is 60.6 Å². The van der Waals surface area contributed by atoms with Gasteiger partial charge in [-0.05, 0) is 143 Å². The lowest BCUT2D eigenvalue weighted by Gasteiger charge is -2.21. The van der Waals surface area contributed by atoms with E-state index in [9.17, 15) is 19.2 Å². The number of carbonyl (C=O) groups excluding carboxylic acids is 4. The maximum absolute atomic E-state index is 13.2. The van der Waals surface area contributed by atoms with E-state index >= 15 is 0 Å². The van der Waals surface area contributed by atoms with Gasteiger partial charge in [0, 0.05) is 23.3 Å². The molecule has 0 aromatic heterocycles. The minimum absolute atomic E-state index is 0.251. The third kappa shape index (κ3) is 11.3. The van der Waals surface area contributed by atoms with Crippen LogP contribution in [-0.4, -0.2) is 50.3 Å². The molecule has 1 saturated carbocycles. The van der Waals surface area contributed by atoms with Crippen molar-refractivity contribution in [2.75, 3.05) is 26.4 Å². The van der Waals surface area contributed by atoms with Crippen LogP contribution in [0.4, 0.5) is 0 Å². The summed E-state index contributed by atoms with van der Waals surface area (Å²) in [5, 5.41) is 0. The van der Waals surface area contributed by atoms with Crippen molar-refractivity contribution >= 4 is 23.9 Å². The highest BCUT2D eigenvalue weighted by molar-refractivity contribution is 5.92. The second kappa shape index (κ2) is 20.0. The zero-order valence-electron chi connectivity index (χ0n) is 30.2. The van der Waals surface area contributed by atoms with Gasteiger partial charge in [0.25, 0.3) is 0 Å². The number of fused-ring (bicyclic) bond motifs is 5. The van der Waals surface area contributed by atoms with E-state index < -0.39 is 23.9 Å². The molecule has 2 aliphatic carbocycles. The highest BCUT2D eigenvalue weighted by atomic mass is 16.5. The molecule has 53 heavy (non-hydrogen) atoms. The topological polar surface area (TPSA) is 124 Å². The van der Waals surface area contributed by atoms with Crippen molar-refractivity contribution in [2.45, 2.75) is 82.5 Å². The molecule has 0 amide bonds. The van der Waals surface area contributed by atoms with E-state index in [2.05, 4.69) is 13.2 Å². The number of hydrogen-bond donors (Lipinski definition) is 0. The summed E-state index contributed by atoms with van der Waals surface area (Å²) in [6.45, 7) is 8.62. The normalized spacial score (nSPS) is 15.2. The van der Waals surface area contributed by atoms with Crippen molar-refractivity contribution in [3.8, 4) is 23.0 Å². The van der Waals surface area contributed by atoms with Crippen molar-refractivity contribution in [1.29, 1.82) is 0 Å². The lowest BCUT2D eigenvalue weighted by molar-refractivity contribution is -0.138. The molecule has 5 rings (SSSR count). The fourth-order valence-corrected chi connectivity index (χ4v) is 6.77. The third-order valence-corrected chi connectivity index (χ3v) is 9.48. The summed E-state index contributed by atoms with van der Waals surface area (Å²) in [7, 11) is 0. The summed E-state index contributed by atoms with van der Waals surface area (Å²) in [4.78, 5) is 48.6. The van der Waals surface area contributed by atoms with Gasteiger partial charge in [0.05, 0.1) is 37.6 Å². The first-order valence-electron chi connectivity index (χ1n) is 18.5. The second-order valence-electron chi connectivity index (χ2n) is 13.2.